The van der Waals surface area contributed by atoms with E-state index in [1.165, 1.54) is 12.1 Å². The summed E-state index contributed by atoms with van der Waals surface area (Å²) < 4.78 is 27.9. The zero-order valence-corrected chi connectivity index (χ0v) is 19.4. The van der Waals surface area contributed by atoms with Gasteiger partial charge in [-0.2, -0.15) is 0 Å². The molecule has 9 heteroatoms. The van der Waals surface area contributed by atoms with Crippen LogP contribution in [0.15, 0.2) is 95.9 Å². The molecule has 4 aromatic carbocycles. The van der Waals surface area contributed by atoms with Crippen molar-refractivity contribution in [1.82, 2.24) is 4.98 Å². The molecule has 0 aliphatic heterocycles. The zero-order valence-electron chi connectivity index (χ0n) is 18.6. The molecule has 0 fully saturated rings. The Morgan fingerprint density at radius 2 is 1.46 bits per heavy atom. The molecule has 0 aliphatic carbocycles. The fraction of sp³-hybridized carbons (Fsp3) is 0.0385. The van der Waals surface area contributed by atoms with Crippen molar-refractivity contribution in [2.24, 2.45) is 0 Å². The first-order valence-electron chi connectivity index (χ1n) is 10.7. The number of aryl methyl sites for hydroxylation is 1. The number of rotatable bonds is 6. The number of nitro groups is 1. The van der Waals surface area contributed by atoms with Crippen LogP contribution in [0.4, 0.5) is 22.7 Å². The number of fused-ring (bicyclic) bond motifs is 2. The van der Waals surface area contributed by atoms with Crippen molar-refractivity contribution in [2.75, 3.05) is 10.0 Å². The van der Waals surface area contributed by atoms with Gasteiger partial charge in [0.1, 0.15) is 0 Å². The van der Waals surface area contributed by atoms with Crippen molar-refractivity contribution in [3.05, 3.63) is 107 Å². The fourth-order valence-electron chi connectivity index (χ4n) is 3.87. The lowest BCUT2D eigenvalue weighted by Gasteiger charge is -2.14. The topological polar surface area (TPSA) is 114 Å². The summed E-state index contributed by atoms with van der Waals surface area (Å²) in [4.78, 5) is 14.9. The average Bonchev–Trinajstić information content (AvgIpc) is 2.85. The molecule has 0 bridgehead atoms. The number of nitrogens with one attached hydrogen (secondary N) is 2. The Morgan fingerprint density at radius 3 is 2.17 bits per heavy atom. The van der Waals surface area contributed by atoms with Gasteiger partial charge in [0.25, 0.3) is 15.7 Å². The van der Waals surface area contributed by atoms with Gasteiger partial charge in [-0.05, 0) is 61.5 Å². The van der Waals surface area contributed by atoms with Crippen LogP contribution in [0.2, 0.25) is 0 Å². The first kappa shape index (κ1) is 22.3. The second-order valence-corrected chi connectivity index (χ2v) is 9.77. The van der Waals surface area contributed by atoms with E-state index in [2.05, 4.69) is 16.1 Å². The van der Waals surface area contributed by atoms with Crippen molar-refractivity contribution >= 4 is 54.6 Å². The summed E-state index contributed by atoms with van der Waals surface area (Å²) in [7, 11) is -3.89. The number of hydrogen-bond acceptors (Lipinski definition) is 6. The van der Waals surface area contributed by atoms with Gasteiger partial charge in [-0.3, -0.25) is 14.8 Å². The third-order valence-corrected chi connectivity index (χ3v) is 7.00. The van der Waals surface area contributed by atoms with E-state index >= 15 is 0 Å². The van der Waals surface area contributed by atoms with E-state index in [4.69, 9.17) is 4.98 Å². The summed E-state index contributed by atoms with van der Waals surface area (Å²) in [6, 6.07) is 25.6. The number of hydrogen-bond donors (Lipinski definition) is 2. The highest BCUT2D eigenvalue weighted by Crippen LogP contribution is 2.34. The van der Waals surface area contributed by atoms with Crippen LogP contribution < -0.4 is 10.0 Å². The lowest BCUT2D eigenvalue weighted by Crippen LogP contribution is -2.12. The first-order chi connectivity index (χ1) is 16.8. The number of pyridine rings is 1. The van der Waals surface area contributed by atoms with Gasteiger partial charge in [0.05, 0.1) is 26.5 Å². The first-order valence-corrected chi connectivity index (χ1v) is 12.2. The van der Waals surface area contributed by atoms with E-state index in [9.17, 15) is 18.5 Å². The van der Waals surface area contributed by atoms with E-state index in [1.54, 1.807) is 24.3 Å². The second kappa shape index (κ2) is 8.69. The number of nitro benzene ring substituents is 1. The van der Waals surface area contributed by atoms with Crippen LogP contribution in [0.3, 0.4) is 0 Å². The summed E-state index contributed by atoms with van der Waals surface area (Å²) in [5.74, 6) is 0. The largest absolute Gasteiger partial charge is 0.354 e. The van der Waals surface area contributed by atoms with Gasteiger partial charge in [0.2, 0.25) is 0 Å². The van der Waals surface area contributed by atoms with Gasteiger partial charge in [0, 0.05) is 34.3 Å². The highest BCUT2D eigenvalue weighted by atomic mass is 32.2. The lowest BCUT2D eigenvalue weighted by atomic mass is 10.1. The van der Waals surface area contributed by atoms with E-state index in [-0.39, 0.29) is 10.6 Å². The number of sulfonamides is 1. The van der Waals surface area contributed by atoms with Gasteiger partial charge >= 0.3 is 0 Å². The molecule has 174 valence electrons. The van der Waals surface area contributed by atoms with E-state index in [1.807, 2.05) is 43.3 Å². The Labute approximate surface area is 201 Å². The number of nitrogens with zero attached hydrogens (tertiary/aromatic N) is 2. The monoisotopic (exact) mass is 484 g/mol. The van der Waals surface area contributed by atoms with Crippen molar-refractivity contribution in [3.8, 4) is 0 Å². The van der Waals surface area contributed by atoms with Crippen LogP contribution in [-0.4, -0.2) is 18.3 Å². The molecule has 0 aliphatic rings. The molecule has 5 rings (SSSR count). The van der Waals surface area contributed by atoms with Crippen LogP contribution in [0.5, 0.6) is 0 Å². The molecule has 0 saturated carbocycles. The van der Waals surface area contributed by atoms with E-state index < -0.39 is 14.9 Å². The molecule has 5 aromatic rings. The maximum Gasteiger partial charge on any atom is 0.269 e. The zero-order chi connectivity index (χ0) is 24.6. The molecule has 0 radical (unpaired) electrons. The van der Waals surface area contributed by atoms with E-state index in [0.29, 0.717) is 5.69 Å². The molecule has 1 aromatic heterocycles. The van der Waals surface area contributed by atoms with Gasteiger partial charge in [-0.1, -0.05) is 29.8 Å². The Kier molecular flexibility index (Phi) is 5.54. The molecule has 35 heavy (non-hydrogen) atoms. The minimum Gasteiger partial charge on any atom is -0.354 e. The van der Waals surface area contributed by atoms with Gasteiger partial charge in [-0.25, -0.2) is 13.4 Å². The third-order valence-electron chi connectivity index (χ3n) is 5.60. The van der Waals surface area contributed by atoms with Gasteiger partial charge in [-0.15, -0.1) is 0 Å². The number of benzene rings is 4. The van der Waals surface area contributed by atoms with Crippen molar-refractivity contribution in [3.63, 3.8) is 0 Å². The van der Waals surface area contributed by atoms with Crippen LogP contribution >= 0.6 is 0 Å². The van der Waals surface area contributed by atoms with Crippen molar-refractivity contribution in [2.45, 2.75) is 11.8 Å². The van der Waals surface area contributed by atoms with Gasteiger partial charge in [0.15, 0.2) is 0 Å². The van der Waals surface area contributed by atoms with Crippen LogP contribution in [0.25, 0.3) is 21.8 Å². The van der Waals surface area contributed by atoms with Crippen LogP contribution in [0, 0.1) is 17.0 Å². The summed E-state index contributed by atoms with van der Waals surface area (Å²) in [5.41, 5.74) is 4.77. The van der Waals surface area contributed by atoms with E-state index in [0.717, 1.165) is 50.9 Å². The molecule has 0 unspecified atom stereocenters. The van der Waals surface area contributed by atoms with Crippen LogP contribution in [0.1, 0.15) is 5.56 Å². The number of anilines is 3. The normalized spacial score (nSPS) is 11.5. The SMILES string of the molecule is Cc1ccc2nc3ccccc3c(Nc3ccc(NS(=O)(=O)c4ccc([N+](=O)[O-])cc4)cc3)c2c1. The highest BCUT2D eigenvalue weighted by Gasteiger charge is 2.16. The molecule has 8 nitrogen and oxygen atoms in total. The number of non-ortho nitro benzene ring substituents is 1. The standard InChI is InChI=1S/C26H20N4O4S/c1-17-6-15-25-23(16-17)26(22-4-2-3-5-24(22)28-25)27-18-7-9-19(10-8-18)29-35(33,34)21-13-11-20(12-14-21)30(31)32/h2-16,29H,1H3,(H,27,28). The molecular formula is C26H20N4O4S. The summed E-state index contributed by atoms with van der Waals surface area (Å²) in [5, 5.41) is 16.3. The summed E-state index contributed by atoms with van der Waals surface area (Å²) in [6.07, 6.45) is 0. The molecular weight excluding hydrogens is 464 g/mol. The maximum absolute atomic E-state index is 12.7. The molecule has 0 spiro atoms. The lowest BCUT2D eigenvalue weighted by molar-refractivity contribution is -0.384. The molecule has 1 heterocycles. The predicted octanol–water partition coefficient (Wildman–Crippen LogP) is 6.15. The Balaban J connectivity index is 1.43. The molecule has 2 N–H and O–H groups in total. The van der Waals surface area contributed by atoms with Crippen LogP contribution in [-0.2, 0) is 10.0 Å². The molecule has 0 saturated heterocycles. The second-order valence-electron chi connectivity index (χ2n) is 8.08. The predicted molar refractivity (Wildman–Crippen MR) is 138 cm³/mol. The quantitative estimate of drug-likeness (QED) is 0.170. The Hall–Kier alpha value is -4.50. The average molecular weight is 485 g/mol. The molecule has 0 amide bonds. The van der Waals surface area contributed by atoms with Gasteiger partial charge < -0.3 is 5.32 Å². The van der Waals surface area contributed by atoms with Crippen molar-refractivity contribution < 1.29 is 13.3 Å². The summed E-state index contributed by atoms with van der Waals surface area (Å²) in [6.45, 7) is 2.03. The Bertz CT molecular complexity index is 1680. The minimum atomic E-state index is -3.89. The highest BCUT2D eigenvalue weighted by molar-refractivity contribution is 7.92. The minimum absolute atomic E-state index is 0.0598. The maximum atomic E-state index is 12.7. The number of para-hydroxylation sites is 1. The smallest absolute Gasteiger partial charge is 0.269 e. The molecule has 0 atom stereocenters. The van der Waals surface area contributed by atoms with Crippen molar-refractivity contribution in [1.29, 1.82) is 0 Å². The summed E-state index contributed by atoms with van der Waals surface area (Å²) >= 11 is 0. The third kappa shape index (κ3) is 4.49. The fourth-order valence-corrected chi connectivity index (χ4v) is 4.93. The number of aromatic nitrogens is 1. The Morgan fingerprint density at radius 1 is 0.800 bits per heavy atom.